The molecule has 0 saturated carbocycles. The van der Waals surface area contributed by atoms with Crippen molar-refractivity contribution in [3.8, 4) is 5.75 Å². The Labute approximate surface area is 875 Å². The van der Waals surface area contributed by atoms with Gasteiger partial charge < -0.3 is 71.1 Å². The number of alkyl carbamates (subject to hydrolysis) is 2. The number of nitro benzene ring substituents is 1. The van der Waals surface area contributed by atoms with Crippen LogP contribution < -0.4 is 15.4 Å². The van der Waals surface area contributed by atoms with Gasteiger partial charge in [-0.2, -0.15) is 0 Å². The lowest BCUT2D eigenvalue weighted by Gasteiger charge is -2.17. The molecule has 2 amide bonds. The maximum Gasteiger partial charge on any atom is 0.514 e. The molecule has 3 N–H and O–H groups in total. The summed E-state index contributed by atoms with van der Waals surface area (Å²) in [6, 6.07) is 42.0. The van der Waals surface area contributed by atoms with Crippen molar-refractivity contribution in [2.75, 3.05) is 45.4 Å². The predicted octanol–water partition coefficient (Wildman–Crippen LogP) is 27.7. The van der Waals surface area contributed by atoms with Crippen LogP contribution in [0.15, 0.2) is 235 Å². The van der Waals surface area contributed by atoms with E-state index in [0.717, 1.165) is 84.7 Å². The number of halogens is 8. The van der Waals surface area contributed by atoms with Crippen molar-refractivity contribution >= 4 is 179 Å². The van der Waals surface area contributed by atoms with Gasteiger partial charge in [0.25, 0.3) is 5.69 Å². The zero-order valence-corrected chi connectivity index (χ0v) is 89.9. The molecule has 0 aliphatic rings. The summed E-state index contributed by atoms with van der Waals surface area (Å²) in [7, 11) is -6.72. The number of carbonyl (C=O) groups excluding carboxylic acids is 3. The largest absolute Gasteiger partial charge is 0.514 e. The average Bonchev–Trinajstić information content (AvgIpc) is 1.66. The fourth-order valence-corrected chi connectivity index (χ4v) is 23.9. The first-order chi connectivity index (χ1) is 67.4. The second kappa shape index (κ2) is 56.3. The molecule has 13 aromatic rings. The van der Waals surface area contributed by atoms with E-state index < -0.39 is 38.5 Å². The Bertz CT molecular complexity index is 6330. The van der Waals surface area contributed by atoms with E-state index in [1.54, 1.807) is 113 Å². The first kappa shape index (κ1) is 114. The van der Waals surface area contributed by atoms with Gasteiger partial charge in [0.1, 0.15) is 62.0 Å². The number of pyridine rings is 4. The van der Waals surface area contributed by atoms with Gasteiger partial charge in [0.05, 0.1) is 86.5 Å². The maximum absolute atomic E-state index is 12.6. The summed E-state index contributed by atoms with van der Waals surface area (Å²) in [4.78, 5) is 86.7. The van der Waals surface area contributed by atoms with Gasteiger partial charge in [-0.15, -0.1) is 0 Å². The van der Waals surface area contributed by atoms with Crippen LogP contribution in [0.3, 0.4) is 0 Å². The molecular weight excluding hydrogens is 2090 g/mol. The number of hydrogen-bond donors (Lipinski definition) is 3. The van der Waals surface area contributed by atoms with Gasteiger partial charge in [0, 0.05) is 128 Å². The van der Waals surface area contributed by atoms with Crippen molar-refractivity contribution in [2.45, 2.75) is 199 Å². The third kappa shape index (κ3) is 35.6. The number of nitro groups is 1. The van der Waals surface area contributed by atoms with Crippen LogP contribution in [0.2, 0.25) is 40.2 Å². The standard InChI is InChI=1S/C26H33Cl2N4O5PS.C26H22Cl2N4O5S.C25H31Cl2N4O5PS.C19H19Cl2N3OS/c1-5-36-38(34,37-6-2)12-11-30-26(33)35-17-23-31-24(18(3)4)25(32(23)16-19-7-9-29-10-8-19)39-22-14-20(27)13-21(28)15-22;1-16(2)24-25(38-22-12-18(27)11-19(28)13-22)31(14-17-7-9-29-10-8-17)23(30-24)15-36-26(33)37-21-5-3-20(4-6-21)32(34)35;1-5-35-37(33,36-6-2)16-29-25(32)34-15-22-30-23(17(3)4)24(31(22)14-18-7-9-28-10-8-18)38-21-12-19(26)11-20(27)13-21;1-12(2)18-19(26-16-8-14(20)7-15(21)9-16)24(17(11-25)23-18)10-13-3-5-22-6-4-13/h7-10,13-15,18H,5-6,11-12,16-17H2,1-4H3,(H,30,33);3-13,16H,14-15H2,1-2H3;7-13,17H,5-6,14-16H2,1-4H3,(H,29,32);3-9,12,25H,10-11H2,1-2H3. The summed E-state index contributed by atoms with van der Waals surface area (Å²) < 4.78 is 75.8. The van der Waals surface area contributed by atoms with Gasteiger partial charge >= 0.3 is 33.5 Å². The maximum atomic E-state index is 12.6. The van der Waals surface area contributed by atoms with E-state index in [-0.39, 0.29) is 107 Å². The molecular formula is C96H105Cl8N15O16P2S4. The van der Waals surface area contributed by atoms with Gasteiger partial charge in [-0.3, -0.25) is 39.2 Å². The van der Waals surface area contributed by atoms with E-state index in [4.69, 9.17) is 145 Å². The highest BCUT2D eigenvalue weighted by Crippen LogP contribution is 2.49. The molecule has 8 heterocycles. The number of benzene rings is 5. The molecule has 45 heteroatoms. The minimum atomic E-state index is -3.45. The topological polar surface area (TPSA) is 369 Å². The van der Waals surface area contributed by atoms with E-state index in [2.05, 4.69) is 63.2 Å². The quantitative estimate of drug-likeness (QED) is 0.00799. The van der Waals surface area contributed by atoms with Crippen LogP contribution in [0, 0.1) is 10.1 Å². The Morgan fingerprint density at radius 2 is 0.667 bits per heavy atom. The fourth-order valence-electron chi connectivity index (χ4n) is 13.3. The smallest absolute Gasteiger partial charge is 0.441 e. The molecule has 0 atom stereocenters. The minimum absolute atomic E-state index is 0.0426. The number of nitrogens with one attached hydrogen (secondary N) is 2. The Kier molecular flexibility index (Phi) is 45.4. The third-order valence-electron chi connectivity index (χ3n) is 19.6. The van der Waals surface area contributed by atoms with Crippen molar-refractivity contribution < 1.29 is 70.6 Å². The Morgan fingerprint density at radius 1 is 0.397 bits per heavy atom. The second-order valence-corrected chi connectivity index (χ2v) is 43.6. The number of ether oxygens (including phenoxy) is 4. The van der Waals surface area contributed by atoms with E-state index >= 15 is 0 Å². The Hall–Kier alpha value is -9.27. The van der Waals surface area contributed by atoms with Crippen LogP contribution in [-0.4, -0.2) is 132 Å². The van der Waals surface area contributed by atoms with Crippen LogP contribution in [0.25, 0.3) is 0 Å². The highest BCUT2D eigenvalue weighted by molar-refractivity contribution is 8.00. The van der Waals surface area contributed by atoms with Gasteiger partial charge in [-0.1, -0.05) is 195 Å². The SMILES string of the molecule is CC(C)c1nc(CO)n(Cc2ccncc2)c1Sc1cc(Cl)cc(Cl)c1.CC(C)c1nc(COC(=O)Oc2ccc([N+](=O)[O-])cc2)n(Cc2ccncc2)c1Sc1cc(Cl)cc(Cl)c1.CCOP(=O)(CCNC(=O)OCc1nc(C(C)C)c(Sc2cc(Cl)cc(Cl)c2)n1Cc1ccncc1)OCC.CCOP(=O)(CNC(=O)OCc1nc(C(C)C)c(Sc2cc(Cl)cc(Cl)c2)n1Cc1ccncc1)OCC. The van der Waals surface area contributed by atoms with Crippen molar-refractivity contribution in [2.24, 2.45) is 0 Å². The molecule has 0 fully saturated rings. The van der Waals surface area contributed by atoms with Crippen LogP contribution in [0.1, 0.15) is 175 Å². The molecule has 0 saturated heterocycles. The predicted molar refractivity (Wildman–Crippen MR) is 554 cm³/mol. The lowest BCUT2D eigenvalue weighted by molar-refractivity contribution is -0.384. The molecule has 0 unspecified atom stereocenters. The van der Waals surface area contributed by atoms with E-state index in [9.17, 15) is 38.7 Å². The van der Waals surface area contributed by atoms with Crippen molar-refractivity contribution in [1.29, 1.82) is 0 Å². The summed E-state index contributed by atoms with van der Waals surface area (Å²) in [5.74, 6) is 2.87. The van der Waals surface area contributed by atoms with Crippen molar-refractivity contribution in [3.63, 3.8) is 0 Å². The summed E-state index contributed by atoms with van der Waals surface area (Å²) in [6.07, 6.45) is 11.2. The lowest BCUT2D eigenvalue weighted by atomic mass is 10.1. The zero-order chi connectivity index (χ0) is 102. The van der Waals surface area contributed by atoms with Crippen molar-refractivity contribution in [3.05, 3.63) is 314 Å². The number of aliphatic hydroxyl groups is 1. The molecule has 0 spiro atoms. The van der Waals surface area contributed by atoms with Gasteiger partial charge in [0.15, 0.2) is 19.8 Å². The molecule has 5 aromatic carbocycles. The monoisotopic (exact) mass is 2190 g/mol. The second-order valence-electron chi connectivity index (χ2n) is 31.7. The first-order valence-electron chi connectivity index (χ1n) is 44.2. The van der Waals surface area contributed by atoms with Crippen LogP contribution in [0.4, 0.5) is 20.1 Å². The minimum Gasteiger partial charge on any atom is -0.441 e. The summed E-state index contributed by atoms with van der Waals surface area (Å²) in [5.41, 5.74) is 7.44. The lowest BCUT2D eigenvalue weighted by Crippen LogP contribution is -2.28. The molecule has 31 nitrogen and oxygen atoms in total. The number of carbonyl (C=O) groups is 3. The number of hydrogen-bond acceptors (Lipinski definition) is 28. The highest BCUT2D eigenvalue weighted by Gasteiger charge is 2.31. The normalized spacial score (nSPS) is 11.4. The molecule has 141 heavy (non-hydrogen) atoms. The summed E-state index contributed by atoms with van der Waals surface area (Å²) in [6.45, 7) is 25.9. The molecule has 0 bridgehead atoms. The summed E-state index contributed by atoms with van der Waals surface area (Å²) in [5, 5.41) is 33.7. The van der Waals surface area contributed by atoms with E-state index in [1.807, 2.05) is 143 Å². The number of amides is 2. The Morgan fingerprint density at radius 3 is 0.943 bits per heavy atom. The van der Waals surface area contributed by atoms with E-state index in [0.29, 0.717) is 89.7 Å². The number of rotatable bonds is 42. The number of aliphatic hydroxyl groups excluding tert-OH is 1. The molecule has 0 aliphatic carbocycles. The van der Waals surface area contributed by atoms with Crippen LogP contribution in [-0.2, 0) is 94.0 Å². The molecule has 8 aromatic heterocycles. The van der Waals surface area contributed by atoms with Crippen LogP contribution >= 0.6 is 155 Å². The number of imidazole rings is 4. The summed E-state index contributed by atoms with van der Waals surface area (Å²) >= 11 is 55.8. The highest BCUT2D eigenvalue weighted by atomic mass is 35.5. The molecule has 750 valence electrons. The first-order valence-corrected chi connectivity index (χ1v) is 53.9. The van der Waals surface area contributed by atoms with Crippen LogP contribution in [0.5, 0.6) is 5.75 Å². The molecule has 0 radical (unpaired) electrons. The number of nitrogens with zero attached hydrogens (tertiary/aromatic N) is 13. The van der Waals surface area contributed by atoms with Gasteiger partial charge in [-0.25, -0.2) is 34.3 Å². The number of non-ortho nitro benzene ring substituents is 1. The van der Waals surface area contributed by atoms with Crippen molar-refractivity contribution in [1.82, 2.24) is 68.8 Å². The number of aromatic nitrogens is 12. The zero-order valence-electron chi connectivity index (χ0n) is 78.8. The molecule has 13 rings (SSSR count). The van der Waals surface area contributed by atoms with E-state index in [1.165, 1.54) is 59.6 Å². The Balaban J connectivity index is 0.000000195. The fraction of sp³-hybridized carbons (Fsp3) is 0.323. The van der Waals surface area contributed by atoms with Gasteiger partial charge in [-0.05, 0) is 207 Å². The third-order valence-corrected chi connectivity index (χ3v) is 29.6. The molecule has 0 aliphatic heterocycles. The van der Waals surface area contributed by atoms with Gasteiger partial charge in [0.2, 0.25) is 0 Å². The average molecular weight is 2200 g/mol.